The van der Waals surface area contributed by atoms with Crippen LogP contribution in [0.3, 0.4) is 0 Å². The van der Waals surface area contributed by atoms with Crippen LogP contribution in [-0.4, -0.2) is 53.7 Å². The number of rotatable bonds is 9. The molecule has 13 heteroatoms. The zero-order chi connectivity index (χ0) is 42.0. The molecule has 2 saturated heterocycles. The van der Waals surface area contributed by atoms with Gasteiger partial charge in [-0.3, -0.25) is 34.3 Å². The number of carbonyl (C=O) groups is 5. The number of nitrogens with zero attached hydrogens (tertiary/aromatic N) is 2. The third-order valence-electron chi connectivity index (χ3n) is 12.5. The number of phenols is 1. The Labute approximate surface area is 348 Å². The van der Waals surface area contributed by atoms with Crippen LogP contribution < -0.4 is 19.8 Å². The Morgan fingerprint density at radius 2 is 1.43 bits per heavy atom. The molecule has 2 aliphatic heterocycles. The van der Waals surface area contributed by atoms with Gasteiger partial charge in [-0.05, 0) is 103 Å². The molecule has 3 fully saturated rings. The van der Waals surface area contributed by atoms with Gasteiger partial charge in [0.05, 0.1) is 48.8 Å². The fraction of sp³-hybridized carbons (Fsp3) is 0.213. The van der Waals surface area contributed by atoms with E-state index >= 15 is 4.79 Å². The molecule has 5 aromatic carbocycles. The SMILES string of the molecule is COc1cc([C@H]2C3=CC[C@@H]4C(=O)N(c5ccc(C(=O)c6ccccc6)cc5)C(=O)[C@@H]4[C@@H]3C[C@H]3C(=O)N(Nc4ccc(F)cc4)C(=O)[C@@]23c2ccc(Cl)cc2)cc(OC)c1O. The number of anilines is 2. The van der Waals surface area contributed by atoms with Crippen LogP contribution in [0.5, 0.6) is 17.2 Å². The second-order valence-corrected chi connectivity index (χ2v) is 15.8. The molecule has 1 saturated carbocycles. The van der Waals surface area contributed by atoms with E-state index in [9.17, 15) is 28.7 Å². The zero-order valence-electron chi connectivity index (χ0n) is 32.3. The number of imide groups is 2. The van der Waals surface area contributed by atoms with Gasteiger partial charge in [-0.25, -0.2) is 4.39 Å². The van der Waals surface area contributed by atoms with Crippen LogP contribution in [0.1, 0.15) is 45.8 Å². The van der Waals surface area contributed by atoms with E-state index in [4.69, 9.17) is 21.1 Å². The molecule has 4 amide bonds. The van der Waals surface area contributed by atoms with E-state index < -0.39 is 64.5 Å². The zero-order valence-corrected chi connectivity index (χ0v) is 33.1. The van der Waals surface area contributed by atoms with E-state index in [-0.39, 0.29) is 41.6 Å². The topological polar surface area (TPSA) is 143 Å². The molecule has 0 unspecified atom stereocenters. The van der Waals surface area contributed by atoms with Crippen LogP contribution in [0.25, 0.3) is 0 Å². The summed E-state index contributed by atoms with van der Waals surface area (Å²) in [4.78, 5) is 73.9. The number of amides is 4. The number of aromatic hydroxyl groups is 1. The van der Waals surface area contributed by atoms with Crippen LogP contribution >= 0.6 is 11.6 Å². The van der Waals surface area contributed by atoms with Gasteiger partial charge in [0.2, 0.25) is 17.6 Å². The number of hydrogen-bond donors (Lipinski definition) is 2. The number of hydrogen-bond acceptors (Lipinski definition) is 9. The second-order valence-electron chi connectivity index (χ2n) is 15.4. The lowest BCUT2D eigenvalue weighted by Crippen LogP contribution is -2.53. The number of hydrazine groups is 1. The first kappa shape index (κ1) is 38.7. The largest absolute Gasteiger partial charge is 0.502 e. The van der Waals surface area contributed by atoms with Crippen molar-refractivity contribution in [1.82, 2.24) is 5.01 Å². The average Bonchev–Trinajstić information content (AvgIpc) is 3.65. The molecule has 2 aliphatic carbocycles. The normalized spacial score (nSPS) is 24.4. The second kappa shape index (κ2) is 14.8. The summed E-state index contributed by atoms with van der Waals surface area (Å²) in [6.45, 7) is 0. The van der Waals surface area contributed by atoms with Gasteiger partial charge in [0, 0.05) is 22.1 Å². The number of benzene rings is 5. The van der Waals surface area contributed by atoms with Crippen molar-refractivity contribution >= 4 is 52.4 Å². The van der Waals surface area contributed by atoms with Gasteiger partial charge in [-0.15, -0.1) is 0 Å². The molecule has 6 atom stereocenters. The molecule has 0 spiro atoms. The standard InChI is InChI=1S/C47H37ClFN3O8/c1-59-37-22-27(23-38(60-2)42(37)54)40-33-20-21-34-39(45(57)51(43(34)55)32-18-8-26(9-19-32)41(53)25-6-4-3-5-7-25)35(33)24-36-44(56)52(50-31-16-14-30(49)15-17-31)46(58)47(36,40)28-10-12-29(48)13-11-28/h3-20,22-23,34-36,39-40,50,54H,21,24H2,1-2H3/t34-,35+,36-,39-,40-,47+/m0/s1. The predicted molar refractivity (Wildman–Crippen MR) is 219 cm³/mol. The predicted octanol–water partition coefficient (Wildman–Crippen LogP) is 7.62. The number of allylic oxidation sites excluding steroid dienone is 2. The van der Waals surface area contributed by atoms with Crippen molar-refractivity contribution in [1.29, 1.82) is 0 Å². The van der Waals surface area contributed by atoms with E-state index in [1.165, 1.54) is 38.5 Å². The molecular weight excluding hydrogens is 789 g/mol. The van der Waals surface area contributed by atoms with Crippen molar-refractivity contribution < 1.29 is 42.9 Å². The molecule has 0 radical (unpaired) electrons. The minimum Gasteiger partial charge on any atom is -0.502 e. The Kier molecular flexibility index (Phi) is 9.54. The Morgan fingerprint density at radius 3 is 2.07 bits per heavy atom. The number of fused-ring (bicyclic) bond motifs is 4. The Bertz CT molecular complexity index is 2590. The Balaban J connectivity index is 1.18. The number of methoxy groups -OCH3 is 2. The molecule has 4 aliphatic rings. The molecule has 302 valence electrons. The van der Waals surface area contributed by atoms with Crippen molar-refractivity contribution in [3.05, 3.63) is 160 Å². The number of halogens is 2. The molecule has 60 heavy (non-hydrogen) atoms. The number of ketones is 1. The van der Waals surface area contributed by atoms with Crippen molar-refractivity contribution in [3.8, 4) is 17.2 Å². The molecular formula is C47H37ClFN3O8. The van der Waals surface area contributed by atoms with Gasteiger partial charge in [0.25, 0.3) is 11.8 Å². The highest BCUT2D eigenvalue weighted by atomic mass is 35.5. The van der Waals surface area contributed by atoms with Crippen LogP contribution in [0.15, 0.2) is 127 Å². The minimum absolute atomic E-state index is 0.0159. The maximum Gasteiger partial charge on any atom is 0.260 e. The molecule has 0 bridgehead atoms. The Hall–Kier alpha value is -6.79. The van der Waals surface area contributed by atoms with Crippen molar-refractivity contribution in [3.63, 3.8) is 0 Å². The van der Waals surface area contributed by atoms with Gasteiger partial charge in [-0.1, -0.05) is 65.7 Å². The smallest absolute Gasteiger partial charge is 0.260 e. The molecule has 2 heterocycles. The maximum atomic E-state index is 15.5. The first-order chi connectivity index (χ1) is 29.0. The summed E-state index contributed by atoms with van der Waals surface area (Å²) in [6.07, 6.45) is 2.08. The molecule has 5 aromatic rings. The highest BCUT2D eigenvalue weighted by Gasteiger charge is 2.70. The summed E-state index contributed by atoms with van der Waals surface area (Å²) in [5, 5.41) is 12.4. The van der Waals surface area contributed by atoms with Crippen molar-refractivity contribution in [2.24, 2.45) is 23.7 Å². The van der Waals surface area contributed by atoms with Crippen LogP contribution in [-0.2, 0) is 24.6 Å². The van der Waals surface area contributed by atoms with E-state index in [2.05, 4.69) is 5.43 Å². The van der Waals surface area contributed by atoms with Gasteiger partial charge in [0.1, 0.15) is 5.82 Å². The van der Waals surface area contributed by atoms with Crippen LogP contribution in [0.2, 0.25) is 5.02 Å². The fourth-order valence-electron chi connectivity index (χ4n) is 9.88. The first-order valence-electron chi connectivity index (χ1n) is 19.4. The average molecular weight is 826 g/mol. The number of nitrogens with one attached hydrogen (secondary N) is 1. The first-order valence-corrected chi connectivity index (χ1v) is 19.7. The molecule has 0 aromatic heterocycles. The third-order valence-corrected chi connectivity index (χ3v) is 12.8. The van der Waals surface area contributed by atoms with E-state index in [1.807, 2.05) is 12.1 Å². The monoisotopic (exact) mass is 825 g/mol. The third kappa shape index (κ3) is 5.88. The summed E-state index contributed by atoms with van der Waals surface area (Å²) in [6, 6.07) is 30.2. The minimum atomic E-state index is -1.66. The van der Waals surface area contributed by atoms with E-state index in [0.717, 1.165) is 9.91 Å². The highest BCUT2D eigenvalue weighted by molar-refractivity contribution is 6.30. The molecule has 9 rings (SSSR count). The summed E-state index contributed by atoms with van der Waals surface area (Å²) < 4.78 is 25.2. The van der Waals surface area contributed by atoms with E-state index in [0.29, 0.717) is 38.5 Å². The summed E-state index contributed by atoms with van der Waals surface area (Å²) in [7, 11) is 2.76. The van der Waals surface area contributed by atoms with Crippen molar-refractivity contribution in [2.75, 3.05) is 24.5 Å². The van der Waals surface area contributed by atoms with E-state index in [1.54, 1.807) is 84.9 Å². The lowest BCUT2D eigenvalue weighted by molar-refractivity contribution is -0.138. The fourth-order valence-corrected chi connectivity index (χ4v) is 10.0. The number of phenolic OH excluding ortho intramolecular Hbond substituents is 1. The summed E-state index contributed by atoms with van der Waals surface area (Å²) in [5.41, 5.74) is 4.33. The number of carbonyl (C=O) groups excluding carboxylic acids is 5. The summed E-state index contributed by atoms with van der Waals surface area (Å²) >= 11 is 6.40. The van der Waals surface area contributed by atoms with Crippen LogP contribution in [0, 0.1) is 29.5 Å². The van der Waals surface area contributed by atoms with Gasteiger partial charge >= 0.3 is 0 Å². The van der Waals surface area contributed by atoms with Crippen LogP contribution in [0.4, 0.5) is 15.8 Å². The lowest BCUT2D eigenvalue weighted by atomic mass is 9.49. The Morgan fingerprint density at radius 1 is 0.800 bits per heavy atom. The molecule has 2 N–H and O–H groups in total. The number of ether oxygens (including phenoxy) is 2. The maximum absolute atomic E-state index is 15.5. The van der Waals surface area contributed by atoms with Crippen molar-refractivity contribution in [2.45, 2.75) is 24.2 Å². The molecule has 11 nitrogen and oxygen atoms in total. The lowest BCUT2D eigenvalue weighted by Gasteiger charge is -2.50. The highest BCUT2D eigenvalue weighted by Crippen LogP contribution is 2.65. The van der Waals surface area contributed by atoms with Gasteiger partial charge < -0.3 is 14.6 Å². The van der Waals surface area contributed by atoms with Gasteiger partial charge in [-0.2, -0.15) is 5.01 Å². The van der Waals surface area contributed by atoms with Gasteiger partial charge in [0.15, 0.2) is 17.3 Å². The quantitative estimate of drug-likeness (QED) is 0.0872. The summed E-state index contributed by atoms with van der Waals surface area (Å²) in [5.74, 6) is -7.40.